The highest BCUT2D eigenvalue weighted by Crippen LogP contribution is 2.20. The normalized spacial score (nSPS) is 10.8. The third kappa shape index (κ3) is 2.37. The Labute approximate surface area is 117 Å². The van der Waals surface area contributed by atoms with Crippen LogP contribution in [0.2, 0.25) is 5.28 Å². The van der Waals surface area contributed by atoms with Crippen molar-refractivity contribution in [2.75, 3.05) is 0 Å². The van der Waals surface area contributed by atoms with Crippen molar-refractivity contribution in [2.24, 2.45) is 0 Å². The fourth-order valence-electron chi connectivity index (χ4n) is 1.71. The van der Waals surface area contributed by atoms with E-state index in [2.05, 4.69) is 15.1 Å². The largest absolute Gasteiger partial charge is 0.240 e. The molecule has 20 heavy (non-hydrogen) atoms. The number of rotatable bonds is 2. The SMILES string of the molecule is Fc1ccc(-n2ccc(-c3nc(Cl)ncc3F)n2)cc1. The Kier molecular flexibility index (Phi) is 3.15. The van der Waals surface area contributed by atoms with Gasteiger partial charge in [0.25, 0.3) is 0 Å². The second-order valence-electron chi connectivity index (χ2n) is 3.96. The highest BCUT2D eigenvalue weighted by atomic mass is 35.5. The van der Waals surface area contributed by atoms with Gasteiger partial charge in [-0.3, -0.25) is 0 Å². The van der Waals surface area contributed by atoms with Crippen molar-refractivity contribution in [1.29, 1.82) is 0 Å². The molecule has 0 aliphatic carbocycles. The Balaban J connectivity index is 2.01. The quantitative estimate of drug-likeness (QED) is 0.681. The lowest BCUT2D eigenvalue weighted by Crippen LogP contribution is -1.97. The minimum absolute atomic E-state index is 0.0193. The summed E-state index contributed by atoms with van der Waals surface area (Å²) in [5.41, 5.74) is 0.986. The maximum absolute atomic E-state index is 13.6. The van der Waals surface area contributed by atoms with Gasteiger partial charge in [0.05, 0.1) is 11.9 Å². The summed E-state index contributed by atoms with van der Waals surface area (Å²) in [6.45, 7) is 0. The van der Waals surface area contributed by atoms with E-state index in [-0.39, 0.29) is 16.8 Å². The summed E-state index contributed by atoms with van der Waals surface area (Å²) in [6.07, 6.45) is 2.61. The molecule has 3 rings (SSSR count). The molecule has 7 heteroatoms. The molecular formula is C13H7ClF2N4. The molecule has 2 aromatic heterocycles. The van der Waals surface area contributed by atoms with Crippen molar-refractivity contribution < 1.29 is 8.78 Å². The number of hydrogen-bond acceptors (Lipinski definition) is 3. The summed E-state index contributed by atoms with van der Waals surface area (Å²) in [6, 6.07) is 7.35. The van der Waals surface area contributed by atoms with Crippen molar-refractivity contribution >= 4 is 11.6 Å². The minimum atomic E-state index is -0.612. The molecule has 4 nitrogen and oxygen atoms in total. The molecule has 0 N–H and O–H groups in total. The number of nitrogens with zero attached hydrogens (tertiary/aromatic N) is 4. The van der Waals surface area contributed by atoms with Gasteiger partial charge >= 0.3 is 0 Å². The molecule has 0 fully saturated rings. The average Bonchev–Trinajstić information content (AvgIpc) is 2.92. The highest BCUT2D eigenvalue weighted by molar-refractivity contribution is 6.28. The second kappa shape index (κ2) is 4.97. The summed E-state index contributed by atoms with van der Waals surface area (Å²) >= 11 is 5.64. The Morgan fingerprint density at radius 1 is 1.05 bits per heavy atom. The van der Waals surface area contributed by atoms with E-state index in [1.165, 1.54) is 16.8 Å². The summed E-state index contributed by atoms with van der Waals surface area (Å²) < 4.78 is 28.0. The molecule has 0 saturated heterocycles. The lowest BCUT2D eigenvalue weighted by Gasteiger charge is -2.01. The van der Waals surface area contributed by atoms with E-state index in [9.17, 15) is 8.78 Å². The molecule has 0 amide bonds. The van der Waals surface area contributed by atoms with Crippen LogP contribution >= 0.6 is 11.6 Å². The van der Waals surface area contributed by atoms with E-state index in [0.717, 1.165) is 6.20 Å². The number of halogens is 3. The van der Waals surface area contributed by atoms with E-state index in [1.807, 2.05) is 0 Å². The van der Waals surface area contributed by atoms with Crippen LogP contribution in [0.15, 0.2) is 42.7 Å². The summed E-state index contributed by atoms with van der Waals surface area (Å²) in [4.78, 5) is 7.35. The zero-order valence-electron chi connectivity index (χ0n) is 9.96. The van der Waals surface area contributed by atoms with Crippen LogP contribution in [0.1, 0.15) is 0 Å². The van der Waals surface area contributed by atoms with E-state index < -0.39 is 5.82 Å². The number of hydrogen-bond donors (Lipinski definition) is 0. The lowest BCUT2D eigenvalue weighted by molar-refractivity contribution is 0.617. The second-order valence-corrected chi connectivity index (χ2v) is 4.30. The zero-order chi connectivity index (χ0) is 14.1. The van der Waals surface area contributed by atoms with Crippen molar-refractivity contribution in [3.8, 4) is 17.1 Å². The Bertz CT molecular complexity index is 755. The molecule has 3 aromatic rings. The van der Waals surface area contributed by atoms with Gasteiger partial charge in [-0.15, -0.1) is 0 Å². The van der Waals surface area contributed by atoms with Crippen LogP contribution in [0.3, 0.4) is 0 Å². The zero-order valence-corrected chi connectivity index (χ0v) is 10.7. The third-order valence-corrected chi connectivity index (χ3v) is 2.82. The molecule has 0 spiro atoms. The number of benzene rings is 1. The molecule has 0 unspecified atom stereocenters. The van der Waals surface area contributed by atoms with Crippen LogP contribution < -0.4 is 0 Å². The van der Waals surface area contributed by atoms with Gasteiger partial charge in [-0.2, -0.15) is 5.10 Å². The first kappa shape index (κ1) is 12.7. The predicted molar refractivity (Wildman–Crippen MR) is 69.5 cm³/mol. The van der Waals surface area contributed by atoms with Gasteiger partial charge in [-0.05, 0) is 41.9 Å². The van der Waals surface area contributed by atoms with E-state index in [1.54, 1.807) is 24.4 Å². The van der Waals surface area contributed by atoms with Gasteiger partial charge in [0.2, 0.25) is 5.28 Å². The van der Waals surface area contributed by atoms with Crippen LogP contribution in [-0.4, -0.2) is 19.7 Å². The summed E-state index contributed by atoms with van der Waals surface area (Å²) in [5.74, 6) is -0.950. The van der Waals surface area contributed by atoms with Crippen LogP contribution in [0.4, 0.5) is 8.78 Å². The fourth-order valence-corrected chi connectivity index (χ4v) is 1.85. The molecule has 0 aliphatic heterocycles. The van der Waals surface area contributed by atoms with Crippen molar-refractivity contribution in [3.63, 3.8) is 0 Å². The number of aromatic nitrogens is 4. The molecular weight excluding hydrogens is 286 g/mol. The summed E-state index contributed by atoms with van der Waals surface area (Å²) in [7, 11) is 0. The van der Waals surface area contributed by atoms with Gasteiger partial charge in [0.15, 0.2) is 5.82 Å². The topological polar surface area (TPSA) is 43.6 Å². The molecule has 0 aliphatic rings. The molecule has 2 heterocycles. The first-order valence-corrected chi connectivity index (χ1v) is 6.01. The Morgan fingerprint density at radius 3 is 2.55 bits per heavy atom. The standard InChI is InChI=1S/C13H7ClF2N4/c14-13-17-7-10(16)12(18-13)11-5-6-20(19-11)9-3-1-8(15)2-4-9/h1-7H. The smallest absolute Gasteiger partial charge is 0.223 e. The van der Waals surface area contributed by atoms with Crippen LogP contribution in [0, 0.1) is 11.6 Å². The Morgan fingerprint density at radius 2 is 1.80 bits per heavy atom. The first-order chi connectivity index (χ1) is 9.63. The van der Waals surface area contributed by atoms with E-state index in [0.29, 0.717) is 11.4 Å². The van der Waals surface area contributed by atoms with Gasteiger partial charge < -0.3 is 0 Å². The van der Waals surface area contributed by atoms with Crippen molar-refractivity contribution in [2.45, 2.75) is 0 Å². The fraction of sp³-hybridized carbons (Fsp3) is 0. The average molecular weight is 293 g/mol. The first-order valence-electron chi connectivity index (χ1n) is 5.63. The van der Waals surface area contributed by atoms with Gasteiger partial charge in [-0.25, -0.2) is 23.4 Å². The predicted octanol–water partition coefficient (Wildman–Crippen LogP) is 3.26. The van der Waals surface area contributed by atoms with Crippen LogP contribution in [0.25, 0.3) is 17.1 Å². The molecule has 0 bridgehead atoms. The molecule has 0 atom stereocenters. The minimum Gasteiger partial charge on any atom is -0.240 e. The van der Waals surface area contributed by atoms with Gasteiger partial charge in [-0.1, -0.05) is 0 Å². The maximum atomic E-state index is 13.6. The third-order valence-electron chi connectivity index (χ3n) is 2.64. The molecule has 100 valence electrons. The highest BCUT2D eigenvalue weighted by Gasteiger charge is 2.12. The monoisotopic (exact) mass is 292 g/mol. The molecule has 0 radical (unpaired) electrons. The van der Waals surface area contributed by atoms with Crippen molar-refractivity contribution in [3.05, 3.63) is 59.6 Å². The van der Waals surface area contributed by atoms with E-state index in [4.69, 9.17) is 11.6 Å². The van der Waals surface area contributed by atoms with Gasteiger partial charge in [0, 0.05) is 6.20 Å². The lowest BCUT2D eigenvalue weighted by atomic mass is 10.3. The van der Waals surface area contributed by atoms with Gasteiger partial charge in [0.1, 0.15) is 17.2 Å². The summed E-state index contributed by atoms with van der Waals surface area (Å²) in [5, 5.41) is 4.13. The van der Waals surface area contributed by atoms with Crippen LogP contribution in [0.5, 0.6) is 0 Å². The van der Waals surface area contributed by atoms with E-state index >= 15 is 0 Å². The Hall–Kier alpha value is -2.34. The van der Waals surface area contributed by atoms with Crippen molar-refractivity contribution in [1.82, 2.24) is 19.7 Å². The maximum Gasteiger partial charge on any atom is 0.223 e. The molecule has 0 saturated carbocycles. The molecule has 1 aromatic carbocycles. The van der Waals surface area contributed by atoms with Crippen LogP contribution in [-0.2, 0) is 0 Å².